The zero-order chi connectivity index (χ0) is 14.4. The number of fused-ring (bicyclic) bond motifs is 2. The van der Waals surface area contributed by atoms with Crippen LogP contribution in [0, 0.1) is 0 Å². The number of nitrogens with one attached hydrogen (secondary N) is 1. The van der Waals surface area contributed by atoms with E-state index >= 15 is 0 Å². The second kappa shape index (κ2) is 4.37. The summed E-state index contributed by atoms with van der Waals surface area (Å²) in [7, 11) is 0. The molecule has 0 saturated heterocycles. The van der Waals surface area contributed by atoms with E-state index in [9.17, 15) is 0 Å². The average molecular weight is 277 g/mol. The highest BCUT2D eigenvalue weighted by Gasteiger charge is 2.39. The van der Waals surface area contributed by atoms with Gasteiger partial charge in [-0.15, -0.1) is 0 Å². The first-order chi connectivity index (χ1) is 10.2. The Morgan fingerprint density at radius 1 is 1.14 bits per heavy atom. The van der Waals surface area contributed by atoms with Gasteiger partial charge in [-0.3, -0.25) is 0 Å². The highest BCUT2D eigenvalue weighted by molar-refractivity contribution is 5.75. The molecule has 2 aliphatic rings. The summed E-state index contributed by atoms with van der Waals surface area (Å²) in [6.07, 6.45) is 6.35. The van der Waals surface area contributed by atoms with Crippen molar-refractivity contribution in [2.45, 2.75) is 24.4 Å². The average Bonchev–Trinajstić information content (AvgIpc) is 2.92. The number of hydrogen-bond acceptors (Lipinski definition) is 3. The molecule has 2 atom stereocenters. The molecule has 1 unspecified atom stereocenters. The molecule has 0 fully saturated rings. The van der Waals surface area contributed by atoms with Crippen LogP contribution in [0.5, 0.6) is 0 Å². The van der Waals surface area contributed by atoms with Crippen molar-refractivity contribution in [1.82, 2.24) is 0 Å². The molecule has 0 spiro atoms. The first kappa shape index (κ1) is 12.5. The predicted octanol–water partition coefficient (Wildman–Crippen LogP) is 3.09. The van der Waals surface area contributed by atoms with Crippen LogP contribution in [0.25, 0.3) is 6.08 Å². The summed E-state index contributed by atoms with van der Waals surface area (Å²) < 4.78 is 0. The molecule has 0 amide bonds. The van der Waals surface area contributed by atoms with E-state index in [1.54, 1.807) is 0 Å². The maximum Gasteiger partial charge on any atom is 0.112 e. The smallest absolute Gasteiger partial charge is 0.112 e. The monoisotopic (exact) mass is 277 g/mol. The molecule has 1 aliphatic heterocycles. The third kappa shape index (κ3) is 1.93. The van der Waals surface area contributed by atoms with Gasteiger partial charge in [-0.25, -0.2) is 0 Å². The highest BCUT2D eigenvalue weighted by Crippen LogP contribution is 2.42. The number of benzene rings is 2. The van der Waals surface area contributed by atoms with Gasteiger partial charge < -0.3 is 16.8 Å². The van der Waals surface area contributed by atoms with Crippen LogP contribution in [0.15, 0.2) is 48.5 Å². The van der Waals surface area contributed by atoms with Crippen LogP contribution >= 0.6 is 0 Å². The Morgan fingerprint density at radius 3 is 2.90 bits per heavy atom. The SMILES string of the molecule is Nc1ccc2c(c1)C=C[C@](N)(C1CCc3ccccc31)N2. The zero-order valence-electron chi connectivity index (χ0n) is 11.8. The van der Waals surface area contributed by atoms with Crippen LogP contribution < -0.4 is 16.8 Å². The number of rotatable bonds is 1. The van der Waals surface area contributed by atoms with Crippen molar-refractivity contribution in [3.8, 4) is 0 Å². The Balaban J connectivity index is 1.73. The number of nitrogen functional groups attached to an aromatic ring is 1. The van der Waals surface area contributed by atoms with Gasteiger partial charge in [0.15, 0.2) is 0 Å². The van der Waals surface area contributed by atoms with Crippen LogP contribution in [0.2, 0.25) is 0 Å². The number of nitrogens with two attached hydrogens (primary N) is 2. The van der Waals surface area contributed by atoms with Crippen LogP contribution in [-0.2, 0) is 6.42 Å². The Bertz CT molecular complexity index is 735. The summed E-state index contributed by atoms with van der Waals surface area (Å²) in [6.45, 7) is 0. The number of hydrogen-bond donors (Lipinski definition) is 3. The van der Waals surface area contributed by atoms with Gasteiger partial charge in [-0.05, 0) is 53.8 Å². The largest absolute Gasteiger partial charge is 0.399 e. The van der Waals surface area contributed by atoms with Gasteiger partial charge in [0.25, 0.3) is 0 Å². The van der Waals surface area contributed by atoms with Crippen molar-refractivity contribution in [3.63, 3.8) is 0 Å². The summed E-state index contributed by atoms with van der Waals surface area (Å²) in [5.74, 6) is 0.302. The number of anilines is 2. The third-order valence-electron chi connectivity index (χ3n) is 4.67. The molecular weight excluding hydrogens is 258 g/mol. The molecule has 0 radical (unpaired) electrons. The minimum Gasteiger partial charge on any atom is -0.399 e. The van der Waals surface area contributed by atoms with Crippen molar-refractivity contribution in [2.75, 3.05) is 11.1 Å². The Morgan fingerprint density at radius 2 is 2.00 bits per heavy atom. The van der Waals surface area contributed by atoms with Gasteiger partial charge in [0.05, 0.1) is 0 Å². The lowest BCUT2D eigenvalue weighted by Gasteiger charge is -2.38. The maximum absolute atomic E-state index is 6.70. The van der Waals surface area contributed by atoms with Crippen molar-refractivity contribution < 1.29 is 0 Å². The van der Waals surface area contributed by atoms with E-state index < -0.39 is 5.66 Å². The second-order valence-electron chi connectivity index (χ2n) is 6.03. The minimum absolute atomic E-state index is 0.302. The van der Waals surface area contributed by atoms with Crippen LogP contribution in [0.4, 0.5) is 11.4 Å². The summed E-state index contributed by atoms with van der Waals surface area (Å²) in [6, 6.07) is 14.5. The fraction of sp³-hybridized carbons (Fsp3) is 0.222. The van der Waals surface area contributed by atoms with Gasteiger partial charge in [0, 0.05) is 17.3 Å². The van der Waals surface area contributed by atoms with E-state index in [4.69, 9.17) is 11.5 Å². The quantitative estimate of drug-likeness (QED) is 0.702. The van der Waals surface area contributed by atoms with E-state index in [0.29, 0.717) is 5.92 Å². The molecule has 1 heterocycles. The van der Waals surface area contributed by atoms with Crippen molar-refractivity contribution in [2.24, 2.45) is 5.73 Å². The lowest BCUT2D eigenvalue weighted by Crippen LogP contribution is -2.51. The van der Waals surface area contributed by atoms with E-state index in [1.807, 2.05) is 18.2 Å². The second-order valence-corrected chi connectivity index (χ2v) is 6.03. The van der Waals surface area contributed by atoms with Gasteiger partial charge >= 0.3 is 0 Å². The Labute approximate surface area is 124 Å². The number of aryl methyl sites for hydroxylation is 1. The van der Waals surface area contributed by atoms with E-state index in [2.05, 4.69) is 41.7 Å². The fourth-order valence-electron chi connectivity index (χ4n) is 3.59. The van der Waals surface area contributed by atoms with Gasteiger partial charge in [-0.1, -0.05) is 30.3 Å². The lowest BCUT2D eigenvalue weighted by atomic mass is 9.84. The van der Waals surface area contributed by atoms with Crippen LogP contribution in [-0.4, -0.2) is 5.66 Å². The molecule has 0 aromatic heterocycles. The molecule has 0 saturated carbocycles. The van der Waals surface area contributed by atoms with Crippen molar-refractivity contribution in [3.05, 3.63) is 65.2 Å². The van der Waals surface area contributed by atoms with Gasteiger partial charge in [-0.2, -0.15) is 0 Å². The lowest BCUT2D eigenvalue weighted by molar-refractivity contribution is 0.468. The molecule has 3 nitrogen and oxygen atoms in total. The van der Waals surface area contributed by atoms with Crippen LogP contribution in [0.3, 0.4) is 0 Å². The summed E-state index contributed by atoms with van der Waals surface area (Å²) in [5, 5.41) is 3.52. The first-order valence-corrected chi connectivity index (χ1v) is 7.39. The highest BCUT2D eigenvalue weighted by atomic mass is 15.1. The topological polar surface area (TPSA) is 64.1 Å². The molecule has 1 aliphatic carbocycles. The molecule has 0 bridgehead atoms. The zero-order valence-corrected chi connectivity index (χ0v) is 11.8. The van der Waals surface area contributed by atoms with Crippen LogP contribution in [0.1, 0.15) is 29.0 Å². The summed E-state index contributed by atoms with van der Waals surface area (Å²) in [4.78, 5) is 0. The Hall–Kier alpha value is -2.26. The van der Waals surface area contributed by atoms with Crippen molar-refractivity contribution >= 4 is 17.5 Å². The molecule has 106 valence electrons. The van der Waals surface area contributed by atoms with E-state index in [1.165, 1.54) is 11.1 Å². The minimum atomic E-state index is -0.532. The molecule has 4 rings (SSSR count). The van der Waals surface area contributed by atoms with Gasteiger partial charge in [0.1, 0.15) is 5.66 Å². The van der Waals surface area contributed by atoms with Crippen molar-refractivity contribution in [1.29, 1.82) is 0 Å². The summed E-state index contributed by atoms with van der Waals surface area (Å²) >= 11 is 0. The fourth-order valence-corrected chi connectivity index (χ4v) is 3.59. The Kier molecular flexibility index (Phi) is 2.59. The molecular formula is C18H19N3. The van der Waals surface area contributed by atoms with E-state index in [0.717, 1.165) is 29.8 Å². The molecule has 2 aromatic carbocycles. The van der Waals surface area contributed by atoms with E-state index in [-0.39, 0.29) is 0 Å². The summed E-state index contributed by atoms with van der Waals surface area (Å²) in [5.41, 5.74) is 17.7. The standard InChI is InChI=1S/C18H19N3/c19-14-6-8-17-13(11-14)9-10-18(20,21-17)16-7-5-12-3-1-2-4-15(12)16/h1-4,6,8-11,16,21H,5,7,19-20H2/t16?,18-/m1/s1. The maximum atomic E-state index is 6.70. The third-order valence-corrected chi connectivity index (χ3v) is 4.67. The molecule has 3 heteroatoms. The predicted molar refractivity (Wildman–Crippen MR) is 87.9 cm³/mol. The molecule has 21 heavy (non-hydrogen) atoms. The normalized spacial score (nSPS) is 26.0. The van der Waals surface area contributed by atoms with Gasteiger partial charge in [0.2, 0.25) is 0 Å². The first-order valence-electron chi connectivity index (χ1n) is 7.39. The molecule has 5 N–H and O–H groups in total. The molecule has 2 aromatic rings.